The lowest BCUT2D eigenvalue weighted by atomic mass is 9.84. The third-order valence-electron chi connectivity index (χ3n) is 5.79. The summed E-state index contributed by atoms with van der Waals surface area (Å²) in [5.41, 5.74) is 4.14. The van der Waals surface area contributed by atoms with Crippen LogP contribution in [-0.4, -0.2) is 33.7 Å². The van der Waals surface area contributed by atoms with Gasteiger partial charge in [-0.05, 0) is 36.1 Å². The van der Waals surface area contributed by atoms with E-state index in [1.54, 1.807) is 30.1 Å². The van der Waals surface area contributed by atoms with Crippen molar-refractivity contribution < 1.29 is 4.74 Å². The fourth-order valence-corrected chi connectivity index (χ4v) is 4.37. The number of morpholine rings is 1. The van der Waals surface area contributed by atoms with Gasteiger partial charge in [-0.2, -0.15) is 0 Å². The topological polar surface area (TPSA) is 60.2 Å². The highest BCUT2D eigenvalue weighted by Crippen LogP contribution is 2.39. The third kappa shape index (κ3) is 3.43. The molecule has 0 radical (unpaired) electrons. The third-order valence-corrected chi connectivity index (χ3v) is 5.79. The van der Waals surface area contributed by atoms with Crippen molar-refractivity contribution in [2.45, 2.75) is 25.0 Å². The summed E-state index contributed by atoms with van der Waals surface area (Å²) in [6.07, 6.45) is 5.44. The number of benzene rings is 1. The smallest absolute Gasteiger partial charge is 0.255 e. The molecule has 2 aliphatic rings. The fraction of sp³-hybridized carbons (Fsp3) is 0.318. The lowest BCUT2D eigenvalue weighted by Gasteiger charge is -2.45. The molecule has 1 fully saturated rings. The minimum atomic E-state index is -0.0592. The van der Waals surface area contributed by atoms with Crippen LogP contribution in [0.25, 0.3) is 11.3 Å². The molecule has 0 spiro atoms. The molecule has 5 rings (SSSR count). The van der Waals surface area contributed by atoms with E-state index in [1.165, 1.54) is 11.1 Å². The minimum absolute atomic E-state index is 0. The first-order valence-electron chi connectivity index (χ1n) is 9.67. The van der Waals surface area contributed by atoms with Crippen LogP contribution in [0.3, 0.4) is 0 Å². The standard InChI is InChI=1S/C22H22N4O2.ClH/c1-25-20(27)14-18(16-8-10-23-11-9-16)24-22(25)26-12-13-28-21-17-5-3-2-4-15(17)6-7-19(21)26;/h2-5,8-11,14,19,21H,6-7,12-13H2,1H3;1H/t19-,21+;/m1./s1. The van der Waals surface area contributed by atoms with E-state index >= 15 is 0 Å². The molecule has 7 heteroatoms. The summed E-state index contributed by atoms with van der Waals surface area (Å²) in [6.45, 7) is 1.34. The van der Waals surface area contributed by atoms with Gasteiger partial charge in [-0.1, -0.05) is 24.3 Å². The molecular weight excluding hydrogens is 388 g/mol. The Morgan fingerprint density at radius 2 is 1.93 bits per heavy atom. The summed E-state index contributed by atoms with van der Waals surface area (Å²) < 4.78 is 7.83. The maximum absolute atomic E-state index is 12.7. The van der Waals surface area contributed by atoms with Crippen LogP contribution in [0.1, 0.15) is 23.7 Å². The maximum atomic E-state index is 12.7. The van der Waals surface area contributed by atoms with Crippen molar-refractivity contribution in [3.63, 3.8) is 0 Å². The van der Waals surface area contributed by atoms with Crippen molar-refractivity contribution in [2.24, 2.45) is 7.05 Å². The first-order valence-corrected chi connectivity index (χ1v) is 9.67. The first-order chi connectivity index (χ1) is 13.7. The van der Waals surface area contributed by atoms with E-state index in [2.05, 4.69) is 34.1 Å². The van der Waals surface area contributed by atoms with E-state index < -0.39 is 0 Å². The molecule has 150 valence electrons. The van der Waals surface area contributed by atoms with Crippen molar-refractivity contribution in [1.29, 1.82) is 0 Å². The summed E-state index contributed by atoms with van der Waals surface area (Å²) in [7, 11) is 1.79. The molecule has 1 saturated heterocycles. The number of rotatable bonds is 2. The van der Waals surface area contributed by atoms with Crippen molar-refractivity contribution in [1.82, 2.24) is 14.5 Å². The second-order valence-electron chi connectivity index (χ2n) is 7.36. The van der Waals surface area contributed by atoms with E-state index in [-0.39, 0.29) is 30.1 Å². The normalized spacial score (nSPS) is 20.4. The van der Waals surface area contributed by atoms with E-state index in [9.17, 15) is 4.79 Å². The highest BCUT2D eigenvalue weighted by molar-refractivity contribution is 5.85. The Kier molecular flexibility index (Phi) is 5.39. The Labute approximate surface area is 175 Å². The van der Waals surface area contributed by atoms with Crippen LogP contribution >= 0.6 is 12.4 Å². The second kappa shape index (κ2) is 7.97. The number of aromatic nitrogens is 3. The van der Waals surface area contributed by atoms with Crippen LogP contribution in [-0.2, 0) is 18.2 Å². The predicted octanol–water partition coefficient (Wildman–Crippen LogP) is 3.16. The van der Waals surface area contributed by atoms with Gasteiger partial charge in [0.15, 0.2) is 0 Å². The van der Waals surface area contributed by atoms with Crippen LogP contribution < -0.4 is 10.5 Å². The van der Waals surface area contributed by atoms with Gasteiger partial charge in [0.1, 0.15) is 6.10 Å². The summed E-state index contributed by atoms with van der Waals surface area (Å²) in [5, 5.41) is 0. The summed E-state index contributed by atoms with van der Waals surface area (Å²) in [4.78, 5) is 23.9. The average Bonchev–Trinajstić information content (AvgIpc) is 2.75. The van der Waals surface area contributed by atoms with Crippen LogP contribution in [0.2, 0.25) is 0 Å². The lowest BCUT2D eigenvalue weighted by Crippen LogP contribution is -2.51. The van der Waals surface area contributed by atoms with E-state index in [1.807, 2.05) is 12.1 Å². The quantitative estimate of drug-likeness (QED) is 0.649. The maximum Gasteiger partial charge on any atom is 0.255 e. The van der Waals surface area contributed by atoms with Crippen LogP contribution in [0, 0.1) is 0 Å². The first kappa shape index (κ1) is 19.6. The van der Waals surface area contributed by atoms with Gasteiger partial charge in [0.2, 0.25) is 5.95 Å². The van der Waals surface area contributed by atoms with Gasteiger partial charge >= 0.3 is 0 Å². The molecule has 1 aliphatic heterocycles. The molecule has 2 aromatic heterocycles. The number of pyridine rings is 1. The van der Waals surface area contributed by atoms with Crippen molar-refractivity contribution in [3.8, 4) is 11.3 Å². The molecule has 1 aromatic carbocycles. The zero-order chi connectivity index (χ0) is 19.1. The van der Waals surface area contributed by atoms with Gasteiger partial charge < -0.3 is 9.64 Å². The fourth-order valence-electron chi connectivity index (χ4n) is 4.37. The van der Waals surface area contributed by atoms with Crippen LogP contribution in [0.15, 0.2) is 59.7 Å². The summed E-state index contributed by atoms with van der Waals surface area (Å²) in [6, 6.07) is 14.0. The van der Waals surface area contributed by atoms with Crippen LogP contribution in [0.5, 0.6) is 0 Å². The summed E-state index contributed by atoms with van der Waals surface area (Å²) >= 11 is 0. The second-order valence-corrected chi connectivity index (χ2v) is 7.36. The largest absolute Gasteiger partial charge is 0.370 e. The molecule has 0 bridgehead atoms. The molecule has 0 N–H and O–H groups in total. The van der Waals surface area contributed by atoms with E-state index in [0.717, 1.165) is 24.9 Å². The molecule has 2 atom stereocenters. The number of anilines is 1. The number of nitrogens with zero attached hydrogens (tertiary/aromatic N) is 4. The highest BCUT2D eigenvalue weighted by atomic mass is 35.5. The van der Waals surface area contributed by atoms with Gasteiger partial charge in [-0.3, -0.25) is 14.3 Å². The van der Waals surface area contributed by atoms with Gasteiger partial charge in [0.05, 0.1) is 18.3 Å². The Bertz CT molecular complexity index is 1070. The van der Waals surface area contributed by atoms with Gasteiger partial charge in [-0.15, -0.1) is 12.4 Å². The number of fused-ring (bicyclic) bond motifs is 3. The number of hydrogen-bond donors (Lipinski definition) is 0. The SMILES string of the molecule is Cl.Cn1c(N2CCO[C@H]3c4ccccc4CC[C@H]32)nc(-c2ccncc2)cc1=O. The highest BCUT2D eigenvalue weighted by Gasteiger charge is 2.38. The van der Waals surface area contributed by atoms with Gasteiger partial charge in [-0.25, -0.2) is 4.98 Å². The molecule has 0 unspecified atom stereocenters. The zero-order valence-corrected chi connectivity index (χ0v) is 17.0. The van der Waals surface area contributed by atoms with Crippen LogP contribution in [0.4, 0.5) is 5.95 Å². The van der Waals surface area contributed by atoms with E-state index in [4.69, 9.17) is 9.72 Å². The van der Waals surface area contributed by atoms with Crippen molar-refractivity contribution in [3.05, 3.63) is 76.3 Å². The van der Waals surface area contributed by atoms with Crippen molar-refractivity contribution >= 4 is 18.4 Å². The Hall–Kier alpha value is -2.70. The molecule has 0 amide bonds. The molecular formula is C22H23ClN4O2. The molecule has 0 saturated carbocycles. The Balaban J connectivity index is 0.00000205. The molecule has 6 nitrogen and oxygen atoms in total. The minimum Gasteiger partial charge on any atom is -0.370 e. The number of halogens is 1. The number of aryl methyl sites for hydroxylation is 1. The van der Waals surface area contributed by atoms with Gasteiger partial charge in [0.25, 0.3) is 5.56 Å². The average molecular weight is 411 g/mol. The molecule has 29 heavy (non-hydrogen) atoms. The van der Waals surface area contributed by atoms with Gasteiger partial charge in [0, 0.05) is 37.6 Å². The Morgan fingerprint density at radius 3 is 2.76 bits per heavy atom. The monoisotopic (exact) mass is 410 g/mol. The van der Waals surface area contributed by atoms with E-state index in [0.29, 0.717) is 18.2 Å². The Morgan fingerprint density at radius 1 is 1.14 bits per heavy atom. The van der Waals surface area contributed by atoms with Crippen molar-refractivity contribution in [2.75, 3.05) is 18.1 Å². The molecule has 1 aliphatic carbocycles. The predicted molar refractivity (Wildman–Crippen MR) is 115 cm³/mol. The molecule has 3 aromatic rings. The summed E-state index contributed by atoms with van der Waals surface area (Å²) in [5.74, 6) is 0.706. The number of hydrogen-bond acceptors (Lipinski definition) is 5. The lowest BCUT2D eigenvalue weighted by molar-refractivity contribution is 0.00176. The zero-order valence-electron chi connectivity index (χ0n) is 16.2. The molecule has 3 heterocycles. The number of ether oxygens (including phenoxy) is 1.